The molecule has 134 valence electrons. The van der Waals surface area contributed by atoms with E-state index in [9.17, 15) is 22.0 Å². The van der Waals surface area contributed by atoms with Gasteiger partial charge in [0, 0.05) is 18.8 Å². The Morgan fingerprint density at radius 1 is 1.46 bits per heavy atom. The van der Waals surface area contributed by atoms with Crippen molar-refractivity contribution in [3.8, 4) is 5.75 Å². The van der Waals surface area contributed by atoms with E-state index in [4.69, 9.17) is 11.6 Å². The van der Waals surface area contributed by atoms with Crippen molar-refractivity contribution in [3.63, 3.8) is 0 Å². The maximum atomic E-state index is 12.3. The van der Waals surface area contributed by atoms with Gasteiger partial charge in [-0.25, -0.2) is 12.7 Å². The minimum atomic E-state index is -3.34. The van der Waals surface area contributed by atoms with Crippen molar-refractivity contribution >= 4 is 33.2 Å². The van der Waals surface area contributed by atoms with Gasteiger partial charge < -0.3 is 10.1 Å². The summed E-state index contributed by atoms with van der Waals surface area (Å²) < 4.78 is 53.0. The highest BCUT2D eigenvalue weighted by Gasteiger charge is 2.30. The van der Waals surface area contributed by atoms with Crippen molar-refractivity contribution in [1.29, 1.82) is 0 Å². The van der Waals surface area contributed by atoms with Crippen molar-refractivity contribution in [2.75, 3.05) is 24.7 Å². The number of nitrogens with zero attached hydrogens (tertiary/aromatic N) is 1. The standard InChI is InChI=1S/C14H17ClF2N2O4S/c1-24(21,22)19-6-2-3-9(8-19)13(20)18-10-4-5-12(11(15)7-10)23-14(16)17/h4-5,7,9,14H,2-3,6,8H2,1H3,(H,18,20)/t9-/m0/s1. The number of carbonyl (C=O) groups excluding carboxylic acids is 1. The number of carbonyl (C=O) groups is 1. The zero-order chi connectivity index (χ0) is 17.9. The molecule has 2 rings (SSSR count). The summed E-state index contributed by atoms with van der Waals surface area (Å²) in [4.78, 5) is 12.3. The van der Waals surface area contributed by atoms with Crippen LogP contribution in [0.15, 0.2) is 18.2 Å². The molecule has 6 nitrogen and oxygen atoms in total. The molecule has 0 aromatic heterocycles. The summed E-state index contributed by atoms with van der Waals surface area (Å²) in [6.45, 7) is -2.48. The van der Waals surface area contributed by atoms with Gasteiger partial charge in [0.25, 0.3) is 0 Å². The third kappa shape index (κ3) is 5.02. The van der Waals surface area contributed by atoms with E-state index < -0.39 is 22.6 Å². The van der Waals surface area contributed by atoms with Gasteiger partial charge in [0.2, 0.25) is 15.9 Å². The van der Waals surface area contributed by atoms with Gasteiger partial charge in [0.1, 0.15) is 5.75 Å². The number of nitrogens with one attached hydrogen (secondary N) is 1. The molecule has 1 heterocycles. The quantitative estimate of drug-likeness (QED) is 0.849. The Morgan fingerprint density at radius 3 is 2.75 bits per heavy atom. The molecule has 1 aromatic rings. The molecule has 1 amide bonds. The van der Waals surface area contributed by atoms with Gasteiger partial charge in [-0.15, -0.1) is 0 Å². The molecule has 0 unspecified atom stereocenters. The zero-order valence-corrected chi connectivity index (χ0v) is 14.4. The molecule has 1 atom stereocenters. The highest BCUT2D eigenvalue weighted by Crippen LogP contribution is 2.29. The number of rotatable bonds is 5. The van der Waals surface area contributed by atoms with Crippen LogP contribution >= 0.6 is 11.6 Å². The third-order valence-corrected chi connectivity index (χ3v) is 5.20. The second kappa shape index (κ2) is 7.62. The topological polar surface area (TPSA) is 75.7 Å². The molecule has 1 aliphatic heterocycles. The molecule has 0 radical (unpaired) electrons. The van der Waals surface area contributed by atoms with E-state index in [-0.39, 0.29) is 23.2 Å². The summed E-state index contributed by atoms with van der Waals surface area (Å²) in [5.74, 6) is -1.02. The monoisotopic (exact) mass is 382 g/mol. The molecule has 10 heteroatoms. The van der Waals surface area contributed by atoms with E-state index in [1.165, 1.54) is 22.5 Å². The van der Waals surface area contributed by atoms with E-state index in [0.29, 0.717) is 25.1 Å². The van der Waals surface area contributed by atoms with Gasteiger partial charge in [0.15, 0.2) is 0 Å². The highest BCUT2D eigenvalue weighted by atomic mass is 35.5. The molecular weight excluding hydrogens is 366 g/mol. The summed E-state index contributed by atoms with van der Waals surface area (Å²) >= 11 is 5.83. The van der Waals surface area contributed by atoms with Crippen LogP contribution < -0.4 is 10.1 Å². The number of benzene rings is 1. The Morgan fingerprint density at radius 2 is 2.17 bits per heavy atom. The van der Waals surface area contributed by atoms with Gasteiger partial charge in [-0.3, -0.25) is 4.79 Å². The minimum Gasteiger partial charge on any atom is -0.433 e. The van der Waals surface area contributed by atoms with Crippen LogP contribution in [0.3, 0.4) is 0 Å². The number of sulfonamides is 1. The fraction of sp³-hybridized carbons (Fsp3) is 0.500. The van der Waals surface area contributed by atoms with Gasteiger partial charge >= 0.3 is 6.61 Å². The summed E-state index contributed by atoms with van der Waals surface area (Å²) in [5.41, 5.74) is 0.322. The lowest BCUT2D eigenvalue weighted by Gasteiger charge is -2.30. The van der Waals surface area contributed by atoms with Gasteiger partial charge in [-0.1, -0.05) is 11.6 Å². The van der Waals surface area contributed by atoms with E-state index in [0.717, 1.165) is 6.26 Å². The van der Waals surface area contributed by atoms with Crippen LogP contribution in [0, 0.1) is 5.92 Å². The number of anilines is 1. The number of hydrogen-bond acceptors (Lipinski definition) is 4. The SMILES string of the molecule is CS(=O)(=O)N1CCC[C@H](C(=O)Nc2ccc(OC(F)F)c(Cl)c2)C1. The minimum absolute atomic E-state index is 0.0606. The first-order valence-electron chi connectivity index (χ1n) is 7.17. The molecule has 24 heavy (non-hydrogen) atoms. The highest BCUT2D eigenvalue weighted by molar-refractivity contribution is 7.88. The summed E-state index contributed by atoms with van der Waals surface area (Å²) in [6.07, 6.45) is 2.26. The number of ether oxygens (including phenoxy) is 1. The summed E-state index contributed by atoms with van der Waals surface area (Å²) in [5, 5.41) is 2.56. The van der Waals surface area contributed by atoms with Crippen LogP contribution in [0.4, 0.5) is 14.5 Å². The van der Waals surface area contributed by atoms with Crippen LogP contribution in [0.2, 0.25) is 5.02 Å². The largest absolute Gasteiger partial charge is 0.433 e. The maximum absolute atomic E-state index is 12.3. The van der Waals surface area contributed by atoms with Crippen LogP contribution in [0.1, 0.15) is 12.8 Å². The second-order valence-electron chi connectivity index (χ2n) is 5.47. The van der Waals surface area contributed by atoms with Crippen molar-refractivity contribution in [1.82, 2.24) is 4.31 Å². The Kier molecular flexibility index (Phi) is 6.00. The van der Waals surface area contributed by atoms with Crippen molar-refractivity contribution < 1.29 is 26.7 Å². The Labute approximate surface area is 143 Å². The van der Waals surface area contributed by atoms with Gasteiger partial charge in [-0.05, 0) is 31.0 Å². The Bertz CT molecular complexity index is 715. The number of halogens is 3. The fourth-order valence-corrected chi connectivity index (χ4v) is 3.61. The van der Waals surface area contributed by atoms with E-state index in [1.54, 1.807) is 0 Å². The Balaban J connectivity index is 2.03. The van der Waals surface area contributed by atoms with Crippen LogP contribution in [0.5, 0.6) is 5.75 Å². The lowest BCUT2D eigenvalue weighted by atomic mass is 9.99. The number of hydrogen-bond donors (Lipinski definition) is 1. The smallest absolute Gasteiger partial charge is 0.387 e. The molecule has 0 bridgehead atoms. The molecular formula is C14H17ClF2N2O4S. The molecule has 1 aliphatic rings. The first kappa shape index (κ1) is 18.9. The molecule has 0 spiro atoms. The van der Waals surface area contributed by atoms with Crippen LogP contribution in [0.25, 0.3) is 0 Å². The average molecular weight is 383 g/mol. The van der Waals surface area contributed by atoms with E-state index >= 15 is 0 Å². The zero-order valence-electron chi connectivity index (χ0n) is 12.8. The normalized spacial score (nSPS) is 19.3. The predicted molar refractivity (Wildman–Crippen MR) is 85.9 cm³/mol. The third-order valence-electron chi connectivity index (χ3n) is 3.64. The lowest BCUT2D eigenvalue weighted by molar-refractivity contribution is -0.120. The average Bonchev–Trinajstić information content (AvgIpc) is 2.49. The van der Waals surface area contributed by atoms with Crippen molar-refractivity contribution in [3.05, 3.63) is 23.2 Å². The van der Waals surface area contributed by atoms with E-state index in [1.807, 2.05) is 0 Å². The number of amides is 1. The number of piperidine rings is 1. The predicted octanol–water partition coefficient (Wildman–Crippen LogP) is 2.55. The molecule has 1 N–H and O–H groups in total. The Hall–Kier alpha value is -1.45. The van der Waals surface area contributed by atoms with Crippen molar-refractivity contribution in [2.24, 2.45) is 5.92 Å². The molecule has 0 aliphatic carbocycles. The van der Waals surface area contributed by atoms with Crippen molar-refractivity contribution in [2.45, 2.75) is 19.5 Å². The maximum Gasteiger partial charge on any atom is 0.387 e. The first-order valence-corrected chi connectivity index (χ1v) is 9.40. The fourth-order valence-electron chi connectivity index (χ4n) is 2.47. The van der Waals surface area contributed by atoms with Gasteiger partial charge in [-0.2, -0.15) is 8.78 Å². The summed E-state index contributed by atoms with van der Waals surface area (Å²) in [7, 11) is -3.34. The van der Waals surface area contributed by atoms with E-state index in [2.05, 4.69) is 10.1 Å². The molecule has 1 fully saturated rings. The van der Waals surface area contributed by atoms with Gasteiger partial charge in [0.05, 0.1) is 17.2 Å². The summed E-state index contributed by atoms with van der Waals surface area (Å²) in [6, 6.07) is 3.92. The molecule has 1 saturated heterocycles. The first-order chi connectivity index (χ1) is 11.2. The lowest BCUT2D eigenvalue weighted by Crippen LogP contribution is -2.43. The van der Waals surface area contributed by atoms with Crippen LogP contribution in [-0.4, -0.2) is 44.6 Å². The van der Waals surface area contributed by atoms with Crippen LogP contribution in [-0.2, 0) is 14.8 Å². The molecule has 0 saturated carbocycles. The number of alkyl halides is 2. The second-order valence-corrected chi connectivity index (χ2v) is 7.86. The molecule has 1 aromatic carbocycles.